The summed E-state index contributed by atoms with van der Waals surface area (Å²) in [5, 5.41) is 24.2. The number of hydrogen-bond acceptors (Lipinski definition) is 2. The summed E-state index contributed by atoms with van der Waals surface area (Å²) in [5.74, 6) is 0.949. The summed E-state index contributed by atoms with van der Waals surface area (Å²) in [6, 6.07) is 13.0. The minimum atomic E-state index is -0.912. The van der Waals surface area contributed by atoms with E-state index in [9.17, 15) is 10.2 Å². The Balaban J connectivity index is 2.77. The van der Waals surface area contributed by atoms with Crippen LogP contribution in [0.15, 0.2) is 36.4 Å². The topological polar surface area (TPSA) is 40.5 Å². The Bertz CT molecular complexity index is 1060. The highest BCUT2D eigenvalue weighted by atomic mass is 31.1. The van der Waals surface area contributed by atoms with Gasteiger partial charge in [-0.3, -0.25) is 0 Å². The fourth-order valence-electron chi connectivity index (χ4n) is 5.72. The monoisotopic (exact) mass is 554 g/mol. The molecule has 0 heterocycles. The van der Waals surface area contributed by atoms with Gasteiger partial charge >= 0.3 is 0 Å². The molecule has 2 aromatic carbocycles. The van der Waals surface area contributed by atoms with Gasteiger partial charge in [0.25, 0.3) is 0 Å². The molecule has 3 unspecified atom stereocenters. The molecule has 2 nitrogen and oxygen atoms in total. The number of hydrogen-bond donors (Lipinski definition) is 2. The Kier molecular flexibility index (Phi) is 11.7. The number of phenols is 1. The molecule has 0 radical (unpaired) electrons. The lowest BCUT2D eigenvalue weighted by Crippen LogP contribution is -2.30. The summed E-state index contributed by atoms with van der Waals surface area (Å²) in [6.07, 6.45) is 9.37. The Morgan fingerprint density at radius 1 is 0.769 bits per heavy atom. The summed E-state index contributed by atoms with van der Waals surface area (Å²) in [6.45, 7) is 24.5. The van der Waals surface area contributed by atoms with Gasteiger partial charge in [-0.25, -0.2) is 0 Å². The third-order valence-electron chi connectivity index (χ3n) is 9.01. The van der Waals surface area contributed by atoms with Crippen molar-refractivity contribution in [2.45, 2.75) is 149 Å². The molecule has 0 spiro atoms. The molecule has 3 heteroatoms. The first kappa shape index (κ1) is 33.8. The molecule has 0 fully saturated rings. The van der Waals surface area contributed by atoms with Crippen molar-refractivity contribution in [1.82, 2.24) is 0 Å². The molecular formula is C36H59O2P. The van der Waals surface area contributed by atoms with Crippen LogP contribution in [0.5, 0.6) is 5.75 Å². The van der Waals surface area contributed by atoms with E-state index in [1.807, 2.05) is 19.9 Å². The van der Waals surface area contributed by atoms with Gasteiger partial charge in [0.05, 0.1) is 5.60 Å². The predicted molar refractivity (Wildman–Crippen MR) is 174 cm³/mol. The smallest absolute Gasteiger partial charge is 0.123 e. The SMILES string of the molecule is CCCCCC(C)C(C)(C)c1cc(C(C)(C)C)cc(C(C)(CCCCC)Pc2ccccc2C(C)(C)O)c1O. The average Bonchev–Trinajstić information content (AvgIpc) is 2.83. The number of rotatable bonds is 14. The van der Waals surface area contributed by atoms with Crippen LogP contribution in [0.1, 0.15) is 150 Å². The third-order valence-corrected chi connectivity index (χ3v) is 10.8. The molecule has 220 valence electrons. The minimum Gasteiger partial charge on any atom is -0.507 e. The van der Waals surface area contributed by atoms with Gasteiger partial charge in [-0.15, -0.1) is 0 Å². The van der Waals surface area contributed by atoms with Crippen molar-refractivity contribution in [2.24, 2.45) is 5.92 Å². The highest BCUT2D eigenvalue weighted by molar-refractivity contribution is 7.48. The van der Waals surface area contributed by atoms with Gasteiger partial charge in [-0.1, -0.05) is 146 Å². The van der Waals surface area contributed by atoms with E-state index in [0.717, 1.165) is 29.5 Å². The van der Waals surface area contributed by atoms with Crippen LogP contribution in [0.25, 0.3) is 0 Å². The second kappa shape index (κ2) is 13.5. The third kappa shape index (κ3) is 8.56. The molecular weight excluding hydrogens is 495 g/mol. The predicted octanol–water partition coefficient (Wildman–Crippen LogP) is 10.2. The summed E-state index contributed by atoms with van der Waals surface area (Å²) in [4.78, 5) is 0. The largest absolute Gasteiger partial charge is 0.507 e. The van der Waals surface area contributed by atoms with E-state index in [1.165, 1.54) is 49.4 Å². The lowest BCUT2D eigenvalue weighted by molar-refractivity contribution is 0.0797. The van der Waals surface area contributed by atoms with Crippen LogP contribution in [-0.2, 0) is 21.6 Å². The maximum absolute atomic E-state index is 12.2. The Hall–Kier alpha value is -1.37. The maximum Gasteiger partial charge on any atom is 0.123 e. The molecule has 0 amide bonds. The highest BCUT2D eigenvalue weighted by Crippen LogP contribution is 2.53. The van der Waals surface area contributed by atoms with E-state index in [-0.39, 0.29) is 16.0 Å². The van der Waals surface area contributed by atoms with Crippen LogP contribution in [0, 0.1) is 5.92 Å². The van der Waals surface area contributed by atoms with Crippen LogP contribution in [0.4, 0.5) is 0 Å². The summed E-state index contributed by atoms with van der Waals surface area (Å²) >= 11 is 0. The molecule has 0 bridgehead atoms. The summed E-state index contributed by atoms with van der Waals surface area (Å²) in [5.41, 5.74) is 3.37. The normalized spacial score (nSPS) is 15.6. The Morgan fingerprint density at radius 2 is 1.33 bits per heavy atom. The van der Waals surface area contributed by atoms with E-state index in [4.69, 9.17) is 0 Å². The van der Waals surface area contributed by atoms with E-state index < -0.39 is 5.60 Å². The Labute approximate surface area is 243 Å². The van der Waals surface area contributed by atoms with Gasteiger partial charge in [0.2, 0.25) is 0 Å². The van der Waals surface area contributed by atoms with Crippen molar-refractivity contribution in [3.05, 3.63) is 58.7 Å². The zero-order valence-electron chi connectivity index (χ0n) is 27.1. The van der Waals surface area contributed by atoms with Gasteiger partial charge in [-0.2, -0.15) is 0 Å². The number of unbranched alkanes of at least 4 members (excludes halogenated alkanes) is 4. The van der Waals surface area contributed by atoms with Crippen molar-refractivity contribution < 1.29 is 10.2 Å². The quantitative estimate of drug-likeness (QED) is 0.180. The first-order valence-corrected chi connectivity index (χ1v) is 16.5. The van der Waals surface area contributed by atoms with Crippen LogP contribution >= 0.6 is 8.58 Å². The lowest BCUT2D eigenvalue weighted by atomic mass is 9.69. The van der Waals surface area contributed by atoms with E-state index in [1.54, 1.807) is 0 Å². The molecule has 2 aromatic rings. The zero-order chi connectivity index (χ0) is 29.6. The molecule has 0 saturated carbocycles. The standard InChI is InChI=1S/C36H59O2P/c1-12-14-16-20-26(3)34(7,8)29-24-27(33(4,5)6)25-30(32(29)37)36(11,23-19-15-13-2)39-31-22-18-17-21-28(31)35(9,10)38/h17-18,21-22,24-26,37-39H,12-16,19-20,23H2,1-11H3. The van der Waals surface area contributed by atoms with Gasteiger partial charge in [-0.05, 0) is 59.9 Å². The maximum atomic E-state index is 12.2. The fraction of sp³-hybridized carbons (Fsp3) is 0.667. The fourth-order valence-corrected chi connectivity index (χ4v) is 7.65. The van der Waals surface area contributed by atoms with Gasteiger partial charge < -0.3 is 10.2 Å². The van der Waals surface area contributed by atoms with Gasteiger partial charge in [0.15, 0.2) is 0 Å². The van der Waals surface area contributed by atoms with Crippen molar-refractivity contribution >= 4 is 13.9 Å². The van der Waals surface area contributed by atoms with Crippen molar-refractivity contribution in [1.29, 1.82) is 0 Å². The zero-order valence-corrected chi connectivity index (χ0v) is 28.1. The van der Waals surface area contributed by atoms with E-state index >= 15 is 0 Å². The van der Waals surface area contributed by atoms with Crippen LogP contribution in [-0.4, -0.2) is 10.2 Å². The second-order valence-corrected chi connectivity index (χ2v) is 16.2. The average molecular weight is 555 g/mol. The minimum absolute atomic E-state index is 0.0306. The van der Waals surface area contributed by atoms with E-state index in [0.29, 0.717) is 20.2 Å². The number of benzene rings is 2. The first-order chi connectivity index (χ1) is 18.0. The highest BCUT2D eigenvalue weighted by Gasteiger charge is 2.38. The molecule has 0 aliphatic heterocycles. The van der Waals surface area contributed by atoms with Gasteiger partial charge in [0, 0.05) is 16.3 Å². The van der Waals surface area contributed by atoms with Gasteiger partial charge in [0.1, 0.15) is 5.75 Å². The first-order valence-electron chi connectivity index (χ1n) is 15.5. The lowest BCUT2D eigenvalue weighted by Gasteiger charge is -2.39. The van der Waals surface area contributed by atoms with Crippen molar-refractivity contribution in [3.8, 4) is 5.75 Å². The molecule has 0 aliphatic rings. The number of aliphatic hydroxyl groups is 1. The number of aromatic hydroxyl groups is 1. The summed E-state index contributed by atoms with van der Waals surface area (Å²) < 4.78 is 0. The second-order valence-electron chi connectivity index (χ2n) is 14.3. The van der Waals surface area contributed by atoms with Crippen LogP contribution < -0.4 is 5.30 Å². The van der Waals surface area contributed by atoms with Crippen molar-refractivity contribution in [3.63, 3.8) is 0 Å². The van der Waals surface area contributed by atoms with E-state index in [2.05, 4.69) is 92.6 Å². The van der Waals surface area contributed by atoms with Crippen LogP contribution in [0.2, 0.25) is 0 Å². The molecule has 39 heavy (non-hydrogen) atoms. The molecule has 2 N–H and O–H groups in total. The van der Waals surface area contributed by atoms with Crippen LogP contribution in [0.3, 0.4) is 0 Å². The number of phenolic OH excluding ortho intramolecular Hbond substituents is 1. The van der Waals surface area contributed by atoms with Crippen molar-refractivity contribution in [2.75, 3.05) is 0 Å². The molecule has 0 saturated heterocycles. The molecule has 0 aromatic heterocycles. The Morgan fingerprint density at radius 3 is 1.90 bits per heavy atom. The summed E-state index contributed by atoms with van der Waals surface area (Å²) in [7, 11) is 0.440. The molecule has 0 aliphatic carbocycles. The molecule has 3 atom stereocenters. The molecule has 2 rings (SSSR count).